The third-order valence-electron chi connectivity index (χ3n) is 4.46. The Morgan fingerprint density at radius 2 is 1.48 bits per heavy atom. The minimum absolute atomic E-state index is 0.0489. The Morgan fingerprint density at radius 3 is 2.00 bits per heavy atom. The van der Waals surface area contributed by atoms with Gasteiger partial charge in [0.05, 0.1) is 0 Å². The summed E-state index contributed by atoms with van der Waals surface area (Å²) in [5, 5.41) is 6.02. The first-order valence-corrected chi connectivity index (χ1v) is 8.65. The van der Waals surface area contributed by atoms with Crippen LogP contribution in [0.15, 0.2) is 30.3 Å². The molecule has 1 aromatic carbocycles. The van der Waals surface area contributed by atoms with Crippen molar-refractivity contribution in [1.29, 1.82) is 0 Å². The zero-order valence-electron chi connectivity index (χ0n) is 14.2. The Labute approximate surface area is 139 Å². The average Bonchev–Trinajstić information content (AvgIpc) is 2.58. The summed E-state index contributed by atoms with van der Waals surface area (Å²) >= 11 is 0. The van der Waals surface area contributed by atoms with Crippen LogP contribution < -0.4 is 10.6 Å². The molecular weight excluding hydrogens is 288 g/mol. The third-order valence-corrected chi connectivity index (χ3v) is 4.46. The Hall–Kier alpha value is -1.84. The summed E-state index contributed by atoms with van der Waals surface area (Å²) in [6.45, 7) is 5.49. The first-order chi connectivity index (χ1) is 11.1. The highest BCUT2D eigenvalue weighted by Crippen LogP contribution is 2.29. The molecule has 0 unspecified atom stereocenters. The summed E-state index contributed by atoms with van der Waals surface area (Å²) in [7, 11) is 0. The molecule has 0 heterocycles. The Kier molecular flexibility index (Phi) is 6.63. The summed E-state index contributed by atoms with van der Waals surface area (Å²) in [6.07, 6.45) is 3.24. The maximum atomic E-state index is 12.3. The lowest BCUT2D eigenvalue weighted by Crippen LogP contribution is -2.38. The van der Waals surface area contributed by atoms with Gasteiger partial charge in [-0.1, -0.05) is 44.2 Å². The molecule has 2 N–H and O–H groups in total. The second-order valence-corrected chi connectivity index (χ2v) is 6.89. The molecule has 4 heteroatoms. The zero-order valence-corrected chi connectivity index (χ0v) is 14.2. The van der Waals surface area contributed by atoms with Gasteiger partial charge in [0.2, 0.25) is 11.8 Å². The van der Waals surface area contributed by atoms with Crippen molar-refractivity contribution in [3.8, 4) is 0 Å². The summed E-state index contributed by atoms with van der Waals surface area (Å²) in [6, 6.07) is 9.94. The first kappa shape index (κ1) is 17.5. The van der Waals surface area contributed by atoms with Crippen molar-refractivity contribution in [1.82, 2.24) is 10.6 Å². The van der Waals surface area contributed by atoms with Crippen LogP contribution in [0.4, 0.5) is 0 Å². The number of nitrogens with one attached hydrogen (secondary N) is 2. The Bertz CT molecular complexity index is 505. The van der Waals surface area contributed by atoms with E-state index in [0.717, 1.165) is 37.8 Å². The van der Waals surface area contributed by atoms with Gasteiger partial charge in [0.25, 0.3) is 0 Å². The van der Waals surface area contributed by atoms with E-state index in [1.54, 1.807) is 0 Å². The summed E-state index contributed by atoms with van der Waals surface area (Å²) in [5.74, 6) is 0.871. The van der Waals surface area contributed by atoms with Crippen molar-refractivity contribution < 1.29 is 9.59 Å². The molecule has 0 radical (unpaired) electrons. The summed E-state index contributed by atoms with van der Waals surface area (Å²) in [4.78, 5) is 24.3. The van der Waals surface area contributed by atoms with E-state index in [-0.39, 0.29) is 23.7 Å². The number of carbonyl (C=O) groups is 2. The normalized spacial score (nSPS) is 21.0. The van der Waals surface area contributed by atoms with E-state index in [1.807, 2.05) is 30.3 Å². The molecule has 1 aliphatic carbocycles. The fourth-order valence-corrected chi connectivity index (χ4v) is 3.00. The van der Waals surface area contributed by atoms with Crippen LogP contribution in [0.3, 0.4) is 0 Å². The minimum Gasteiger partial charge on any atom is -0.356 e. The molecule has 0 saturated heterocycles. The van der Waals surface area contributed by atoms with Gasteiger partial charge in [0.1, 0.15) is 0 Å². The van der Waals surface area contributed by atoms with Gasteiger partial charge in [-0.3, -0.25) is 9.59 Å². The van der Waals surface area contributed by atoms with E-state index >= 15 is 0 Å². The standard InChI is InChI=1S/C19H28N2O2/c1-14(2)12-20-18(22)16-8-10-17(11-9-16)19(23)21-13-15-6-4-3-5-7-15/h3-7,14,16-17H,8-13H2,1-2H3,(H,20,22)(H,21,23). The number of rotatable bonds is 6. The van der Waals surface area contributed by atoms with E-state index in [1.165, 1.54) is 0 Å². The predicted molar refractivity (Wildman–Crippen MR) is 91.6 cm³/mol. The molecular formula is C19H28N2O2. The summed E-state index contributed by atoms with van der Waals surface area (Å²) < 4.78 is 0. The maximum absolute atomic E-state index is 12.3. The van der Waals surface area contributed by atoms with Crippen LogP contribution in [-0.4, -0.2) is 18.4 Å². The van der Waals surface area contributed by atoms with E-state index in [4.69, 9.17) is 0 Å². The van der Waals surface area contributed by atoms with Crippen LogP contribution in [0, 0.1) is 17.8 Å². The quantitative estimate of drug-likeness (QED) is 0.848. The van der Waals surface area contributed by atoms with Crippen LogP contribution in [0.2, 0.25) is 0 Å². The lowest BCUT2D eigenvalue weighted by molar-refractivity contribution is -0.130. The minimum atomic E-state index is 0.0489. The van der Waals surface area contributed by atoms with Crippen LogP contribution in [0.25, 0.3) is 0 Å². The third kappa shape index (κ3) is 5.70. The van der Waals surface area contributed by atoms with Crippen molar-refractivity contribution in [3.05, 3.63) is 35.9 Å². The molecule has 0 atom stereocenters. The molecule has 1 fully saturated rings. The van der Waals surface area contributed by atoms with E-state index in [9.17, 15) is 9.59 Å². The fourth-order valence-electron chi connectivity index (χ4n) is 3.00. The molecule has 2 rings (SSSR count). The second-order valence-electron chi connectivity index (χ2n) is 6.89. The maximum Gasteiger partial charge on any atom is 0.223 e. The molecule has 0 spiro atoms. The molecule has 1 aliphatic rings. The summed E-state index contributed by atoms with van der Waals surface area (Å²) in [5.41, 5.74) is 1.11. The largest absolute Gasteiger partial charge is 0.356 e. The number of amides is 2. The van der Waals surface area contributed by atoms with Gasteiger partial charge in [0.15, 0.2) is 0 Å². The van der Waals surface area contributed by atoms with Crippen LogP contribution in [0.1, 0.15) is 45.1 Å². The molecule has 4 nitrogen and oxygen atoms in total. The van der Waals surface area contributed by atoms with Crippen LogP contribution in [-0.2, 0) is 16.1 Å². The fraction of sp³-hybridized carbons (Fsp3) is 0.579. The van der Waals surface area contributed by atoms with Gasteiger partial charge in [-0.15, -0.1) is 0 Å². The molecule has 23 heavy (non-hydrogen) atoms. The molecule has 1 saturated carbocycles. The van der Waals surface area contributed by atoms with E-state index in [0.29, 0.717) is 12.5 Å². The lowest BCUT2D eigenvalue weighted by atomic mass is 9.81. The first-order valence-electron chi connectivity index (χ1n) is 8.65. The van der Waals surface area contributed by atoms with Crippen molar-refractivity contribution in [2.24, 2.45) is 17.8 Å². The number of hydrogen-bond donors (Lipinski definition) is 2. The van der Waals surface area contributed by atoms with Gasteiger partial charge in [-0.2, -0.15) is 0 Å². The van der Waals surface area contributed by atoms with Crippen molar-refractivity contribution >= 4 is 11.8 Å². The molecule has 0 aromatic heterocycles. The number of hydrogen-bond acceptors (Lipinski definition) is 2. The highest BCUT2D eigenvalue weighted by Gasteiger charge is 2.29. The number of carbonyl (C=O) groups excluding carboxylic acids is 2. The molecule has 2 amide bonds. The lowest BCUT2D eigenvalue weighted by Gasteiger charge is -2.27. The monoisotopic (exact) mass is 316 g/mol. The molecule has 0 aliphatic heterocycles. The second kappa shape index (κ2) is 8.70. The highest BCUT2D eigenvalue weighted by molar-refractivity contribution is 5.81. The highest BCUT2D eigenvalue weighted by atomic mass is 16.2. The van der Waals surface area contributed by atoms with Crippen molar-refractivity contribution in [2.75, 3.05) is 6.54 Å². The van der Waals surface area contributed by atoms with E-state index in [2.05, 4.69) is 24.5 Å². The number of benzene rings is 1. The smallest absolute Gasteiger partial charge is 0.223 e. The predicted octanol–water partition coefficient (Wildman–Crippen LogP) is 2.88. The van der Waals surface area contributed by atoms with Crippen molar-refractivity contribution in [3.63, 3.8) is 0 Å². The van der Waals surface area contributed by atoms with Gasteiger partial charge in [-0.25, -0.2) is 0 Å². The average molecular weight is 316 g/mol. The Balaban J connectivity index is 1.71. The molecule has 1 aromatic rings. The SMILES string of the molecule is CC(C)CNC(=O)C1CCC(C(=O)NCc2ccccc2)CC1. The van der Waals surface area contributed by atoms with E-state index < -0.39 is 0 Å². The Morgan fingerprint density at radius 1 is 0.957 bits per heavy atom. The van der Waals surface area contributed by atoms with Gasteiger partial charge >= 0.3 is 0 Å². The van der Waals surface area contributed by atoms with Crippen molar-refractivity contribution in [2.45, 2.75) is 46.1 Å². The van der Waals surface area contributed by atoms with Gasteiger partial charge in [0, 0.05) is 24.9 Å². The molecule has 126 valence electrons. The van der Waals surface area contributed by atoms with Crippen LogP contribution in [0.5, 0.6) is 0 Å². The van der Waals surface area contributed by atoms with Gasteiger partial charge < -0.3 is 10.6 Å². The van der Waals surface area contributed by atoms with Crippen LogP contribution >= 0.6 is 0 Å². The zero-order chi connectivity index (χ0) is 16.7. The van der Waals surface area contributed by atoms with Gasteiger partial charge in [-0.05, 0) is 37.2 Å². The topological polar surface area (TPSA) is 58.2 Å². The molecule has 0 bridgehead atoms.